The lowest BCUT2D eigenvalue weighted by Gasteiger charge is -2.21. The molecule has 1 fully saturated rings. The maximum absolute atomic E-state index is 11.6. The molecule has 0 aromatic carbocycles. The van der Waals surface area contributed by atoms with E-state index in [9.17, 15) is 9.90 Å². The third-order valence-electron chi connectivity index (χ3n) is 3.29. The van der Waals surface area contributed by atoms with Crippen molar-refractivity contribution in [3.63, 3.8) is 0 Å². The van der Waals surface area contributed by atoms with Gasteiger partial charge in [-0.3, -0.25) is 9.36 Å². The number of nitrogens with one attached hydrogen (secondary N) is 1. The van der Waals surface area contributed by atoms with Gasteiger partial charge in [-0.1, -0.05) is 5.11 Å². The molecule has 2 aromatic heterocycles. The van der Waals surface area contributed by atoms with Gasteiger partial charge in [0.15, 0.2) is 16.9 Å². The van der Waals surface area contributed by atoms with E-state index in [4.69, 9.17) is 10.3 Å². The van der Waals surface area contributed by atoms with Crippen LogP contribution in [0.3, 0.4) is 0 Å². The zero-order chi connectivity index (χ0) is 14.2. The maximum atomic E-state index is 11.6. The van der Waals surface area contributed by atoms with E-state index >= 15 is 0 Å². The molecule has 2 aromatic rings. The minimum Gasteiger partial charge on any atom is -0.393 e. The fourth-order valence-electron chi connectivity index (χ4n) is 2.29. The number of aliphatic hydroxyl groups is 1. The van der Waals surface area contributed by atoms with Crippen LogP contribution in [-0.2, 0) is 4.74 Å². The summed E-state index contributed by atoms with van der Waals surface area (Å²) in [7, 11) is 0. The van der Waals surface area contributed by atoms with Crippen LogP contribution in [0.5, 0.6) is 0 Å². The monoisotopic (exact) mass is 277 g/mol. The van der Waals surface area contributed by atoms with Crippen LogP contribution in [0.4, 0.5) is 0 Å². The minimum atomic E-state index is -1.27. The first-order valence-corrected chi connectivity index (χ1v) is 5.94. The van der Waals surface area contributed by atoms with E-state index in [0.717, 1.165) is 0 Å². The summed E-state index contributed by atoms with van der Waals surface area (Å²) in [6, 6.07) is 0. The molecule has 0 amide bonds. The second-order valence-corrected chi connectivity index (χ2v) is 4.46. The highest BCUT2D eigenvalue weighted by molar-refractivity contribution is 5.68. The van der Waals surface area contributed by atoms with Crippen LogP contribution in [0.1, 0.15) is 19.1 Å². The lowest BCUT2D eigenvalue weighted by Crippen LogP contribution is -2.30. The summed E-state index contributed by atoms with van der Waals surface area (Å²) < 4.78 is 7.22. The highest BCUT2D eigenvalue weighted by atomic mass is 16.6. The summed E-state index contributed by atoms with van der Waals surface area (Å²) in [6.45, 7) is -0.409. The predicted octanol–water partition coefficient (Wildman–Crippen LogP) is 0.428. The van der Waals surface area contributed by atoms with Crippen LogP contribution in [0.2, 0.25) is 0 Å². The number of nitrogens with zero attached hydrogens (tertiary/aromatic N) is 6. The Morgan fingerprint density at radius 3 is 3.30 bits per heavy atom. The Hall–Kier alpha value is -2.42. The van der Waals surface area contributed by atoms with Gasteiger partial charge < -0.3 is 14.8 Å². The summed E-state index contributed by atoms with van der Waals surface area (Å²) in [5, 5.41) is 12.9. The summed E-state index contributed by atoms with van der Waals surface area (Å²) in [5.41, 5.74) is 7.53. The molecule has 20 heavy (non-hydrogen) atoms. The molecule has 0 saturated carbocycles. The fraction of sp³-hybridized carbons (Fsp3) is 0.500. The van der Waals surface area contributed by atoms with E-state index in [1.165, 1.54) is 12.7 Å². The molecule has 3 heterocycles. The molecule has 3 rings (SSSR count). The SMILES string of the molecule is [N-]=[N+]=N[C@@]1(CO)CC[C@@H](n2cnc3c(=O)[nH]cnc32)O1. The molecule has 0 radical (unpaired) electrons. The van der Waals surface area contributed by atoms with Crippen LogP contribution >= 0.6 is 0 Å². The average molecular weight is 277 g/mol. The second-order valence-electron chi connectivity index (χ2n) is 4.46. The van der Waals surface area contributed by atoms with Crippen molar-refractivity contribution in [2.45, 2.75) is 24.8 Å². The summed E-state index contributed by atoms with van der Waals surface area (Å²) in [5.74, 6) is 0. The van der Waals surface area contributed by atoms with Crippen molar-refractivity contribution in [3.05, 3.63) is 33.5 Å². The number of azide groups is 1. The number of aromatic amines is 1. The normalized spacial score (nSPS) is 25.8. The molecule has 0 bridgehead atoms. The second kappa shape index (κ2) is 4.60. The third kappa shape index (κ3) is 1.83. The van der Waals surface area contributed by atoms with Crippen molar-refractivity contribution in [3.8, 4) is 0 Å². The molecule has 1 aliphatic heterocycles. The molecule has 104 valence electrons. The van der Waals surface area contributed by atoms with Crippen molar-refractivity contribution in [2.75, 3.05) is 6.61 Å². The van der Waals surface area contributed by atoms with E-state index in [-0.39, 0.29) is 11.1 Å². The molecular formula is C10H11N7O3. The Balaban J connectivity index is 2.00. The first-order chi connectivity index (χ1) is 9.69. The Morgan fingerprint density at radius 1 is 1.70 bits per heavy atom. The number of H-pyrrole nitrogens is 1. The fourth-order valence-corrected chi connectivity index (χ4v) is 2.29. The third-order valence-corrected chi connectivity index (χ3v) is 3.29. The Kier molecular flexibility index (Phi) is 2.90. The maximum Gasteiger partial charge on any atom is 0.278 e. The molecule has 1 saturated heterocycles. The number of aromatic nitrogens is 4. The zero-order valence-corrected chi connectivity index (χ0v) is 10.3. The lowest BCUT2D eigenvalue weighted by molar-refractivity contribution is -0.0925. The number of imidazole rings is 1. The first-order valence-electron chi connectivity index (χ1n) is 5.94. The number of rotatable bonds is 3. The van der Waals surface area contributed by atoms with Crippen LogP contribution in [-0.4, -0.2) is 37.0 Å². The predicted molar refractivity (Wildman–Crippen MR) is 66.5 cm³/mol. The highest BCUT2D eigenvalue weighted by Crippen LogP contribution is 2.38. The standard InChI is InChI=1S/C10H11N7O3/c11-16-15-10(3-18)2-1-6(20-10)17-5-14-7-8(17)12-4-13-9(7)19/h4-6,18H,1-3H2,(H,12,13,19)/t6-,10-/m0/s1. The number of hydrogen-bond donors (Lipinski definition) is 2. The Labute approximate surface area is 111 Å². The molecule has 0 aliphatic carbocycles. The van der Waals surface area contributed by atoms with Crippen molar-refractivity contribution < 1.29 is 9.84 Å². The average Bonchev–Trinajstić information content (AvgIpc) is 3.04. The summed E-state index contributed by atoms with van der Waals surface area (Å²) in [4.78, 5) is 24.8. The zero-order valence-electron chi connectivity index (χ0n) is 10.3. The van der Waals surface area contributed by atoms with Crippen molar-refractivity contribution in [2.24, 2.45) is 5.11 Å². The van der Waals surface area contributed by atoms with Gasteiger partial charge in [-0.15, -0.1) is 0 Å². The van der Waals surface area contributed by atoms with Crippen molar-refractivity contribution in [1.29, 1.82) is 0 Å². The number of fused-ring (bicyclic) bond motifs is 1. The van der Waals surface area contributed by atoms with Crippen LogP contribution in [0.15, 0.2) is 22.6 Å². The van der Waals surface area contributed by atoms with Crippen LogP contribution in [0, 0.1) is 0 Å². The largest absolute Gasteiger partial charge is 0.393 e. The van der Waals surface area contributed by atoms with E-state index in [1.54, 1.807) is 4.57 Å². The molecule has 0 unspecified atom stereocenters. The van der Waals surface area contributed by atoms with Gasteiger partial charge in [-0.05, 0) is 18.4 Å². The molecule has 2 N–H and O–H groups in total. The van der Waals surface area contributed by atoms with Gasteiger partial charge in [-0.2, -0.15) is 0 Å². The van der Waals surface area contributed by atoms with Crippen molar-refractivity contribution in [1.82, 2.24) is 19.5 Å². The molecule has 0 spiro atoms. The Morgan fingerprint density at radius 2 is 2.55 bits per heavy atom. The molecular weight excluding hydrogens is 266 g/mol. The lowest BCUT2D eigenvalue weighted by atomic mass is 10.1. The van der Waals surface area contributed by atoms with E-state index in [2.05, 4.69) is 25.0 Å². The van der Waals surface area contributed by atoms with Gasteiger partial charge in [0.1, 0.15) is 6.23 Å². The Bertz CT molecular complexity index is 747. The quantitative estimate of drug-likeness (QED) is 0.475. The number of aliphatic hydroxyl groups excluding tert-OH is 1. The van der Waals surface area contributed by atoms with Gasteiger partial charge >= 0.3 is 0 Å². The van der Waals surface area contributed by atoms with Gasteiger partial charge in [0, 0.05) is 4.91 Å². The van der Waals surface area contributed by atoms with Crippen molar-refractivity contribution >= 4 is 11.2 Å². The van der Waals surface area contributed by atoms with Gasteiger partial charge in [0.2, 0.25) is 0 Å². The van der Waals surface area contributed by atoms with Crippen LogP contribution < -0.4 is 5.56 Å². The van der Waals surface area contributed by atoms with Gasteiger partial charge in [0.25, 0.3) is 5.56 Å². The molecule has 2 atom stereocenters. The summed E-state index contributed by atoms with van der Waals surface area (Å²) in [6.07, 6.45) is 3.12. The molecule has 10 nitrogen and oxygen atoms in total. The van der Waals surface area contributed by atoms with E-state index in [0.29, 0.717) is 18.5 Å². The smallest absolute Gasteiger partial charge is 0.278 e. The highest BCUT2D eigenvalue weighted by Gasteiger charge is 2.40. The van der Waals surface area contributed by atoms with E-state index < -0.39 is 18.6 Å². The van der Waals surface area contributed by atoms with Gasteiger partial charge in [-0.25, -0.2) is 9.97 Å². The van der Waals surface area contributed by atoms with Gasteiger partial charge in [0.05, 0.1) is 19.3 Å². The summed E-state index contributed by atoms with van der Waals surface area (Å²) >= 11 is 0. The van der Waals surface area contributed by atoms with Crippen LogP contribution in [0.25, 0.3) is 21.6 Å². The number of hydrogen-bond acceptors (Lipinski definition) is 6. The number of ether oxygens (including phenoxy) is 1. The minimum absolute atomic E-state index is 0.210. The topological polar surface area (TPSA) is 142 Å². The molecule has 10 heteroatoms. The molecule has 1 aliphatic rings. The van der Waals surface area contributed by atoms with E-state index in [1.807, 2.05) is 0 Å². The first kappa shape index (κ1) is 12.6.